The maximum absolute atomic E-state index is 12.8. The van der Waals surface area contributed by atoms with Gasteiger partial charge in [-0.15, -0.1) is 12.4 Å². The number of likely N-dealkylation sites (N-methyl/N-ethyl adjacent to an activating group) is 1. The third-order valence-corrected chi connectivity index (χ3v) is 5.43. The molecule has 198 valence electrons. The minimum absolute atomic E-state index is 0. The second-order valence-corrected chi connectivity index (χ2v) is 8.45. The van der Waals surface area contributed by atoms with Gasteiger partial charge in [-0.25, -0.2) is 0 Å². The Kier molecular flexibility index (Phi) is 13.1. The van der Waals surface area contributed by atoms with Gasteiger partial charge in [0.05, 0.1) is 5.56 Å². The zero-order valence-corrected chi connectivity index (χ0v) is 21.2. The second-order valence-electron chi connectivity index (χ2n) is 8.01. The maximum atomic E-state index is 12.8. The minimum Gasteiger partial charge on any atom is -0.491 e. The molecule has 0 saturated carbocycles. The Labute approximate surface area is 220 Å². The number of rotatable bonds is 11. The molecule has 0 aromatic heterocycles. The normalized spacial score (nSPS) is 12.8. The van der Waals surface area contributed by atoms with Crippen molar-refractivity contribution in [2.75, 3.05) is 26.7 Å². The highest BCUT2D eigenvalue weighted by atomic mass is 35.5. The van der Waals surface area contributed by atoms with Gasteiger partial charge in [0, 0.05) is 24.5 Å². The number of ether oxygens (including phenoxy) is 2. The second kappa shape index (κ2) is 14.9. The molecule has 10 heteroatoms. The van der Waals surface area contributed by atoms with Gasteiger partial charge in [-0.3, -0.25) is 0 Å². The Morgan fingerprint density at radius 2 is 1.50 bits per heavy atom. The Bertz CT molecular complexity index is 1010. The van der Waals surface area contributed by atoms with Crippen LogP contribution in [0.1, 0.15) is 23.7 Å². The van der Waals surface area contributed by atoms with Crippen molar-refractivity contribution in [3.63, 3.8) is 0 Å². The largest absolute Gasteiger partial charge is 0.491 e. The average molecular weight is 548 g/mol. The fourth-order valence-corrected chi connectivity index (χ4v) is 3.54. The van der Waals surface area contributed by atoms with Crippen LogP contribution >= 0.6 is 24.0 Å². The molecule has 0 amide bonds. The van der Waals surface area contributed by atoms with E-state index in [4.69, 9.17) is 21.1 Å². The quantitative estimate of drug-likeness (QED) is 0.327. The van der Waals surface area contributed by atoms with E-state index in [1.54, 1.807) is 24.3 Å². The van der Waals surface area contributed by atoms with E-state index in [1.807, 2.05) is 42.3 Å². The molecule has 3 aromatic rings. The molecule has 0 aliphatic rings. The summed E-state index contributed by atoms with van der Waals surface area (Å²) in [7, 11) is 1.88. The molecule has 0 aliphatic carbocycles. The number of alkyl halides is 3. The van der Waals surface area contributed by atoms with Crippen LogP contribution in [0, 0.1) is 0 Å². The van der Waals surface area contributed by atoms with Gasteiger partial charge >= 0.3 is 6.18 Å². The molecule has 3 N–H and O–H groups in total. The summed E-state index contributed by atoms with van der Waals surface area (Å²) < 4.78 is 50.2. The van der Waals surface area contributed by atoms with Gasteiger partial charge in [0.15, 0.2) is 0 Å². The number of halogens is 5. The molecule has 5 nitrogen and oxygen atoms in total. The van der Waals surface area contributed by atoms with Crippen LogP contribution in [-0.4, -0.2) is 48.3 Å². The molecule has 0 bridgehead atoms. The van der Waals surface area contributed by atoms with E-state index in [2.05, 4.69) is 0 Å². The summed E-state index contributed by atoms with van der Waals surface area (Å²) in [6.07, 6.45) is -4.88. The van der Waals surface area contributed by atoms with Crippen LogP contribution in [0.15, 0.2) is 78.9 Å². The average Bonchev–Trinajstić information content (AvgIpc) is 2.81. The summed E-state index contributed by atoms with van der Waals surface area (Å²) in [5, 5.41) is 10.9. The smallest absolute Gasteiger partial charge is 0.416 e. The van der Waals surface area contributed by atoms with Crippen LogP contribution in [0.25, 0.3) is 0 Å². The van der Waals surface area contributed by atoms with Crippen LogP contribution in [-0.2, 0) is 6.18 Å². The van der Waals surface area contributed by atoms with E-state index in [9.17, 15) is 18.3 Å². The van der Waals surface area contributed by atoms with Gasteiger partial charge in [0.25, 0.3) is 0 Å². The van der Waals surface area contributed by atoms with Crippen LogP contribution in [0.2, 0.25) is 5.02 Å². The summed E-state index contributed by atoms with van der Waals surface area (Å²) >= 11 is 5.86. The topological polar surface area (TPSA) is 73.4 Å². The summed E-state index contributed by atoms with van der Waals surface area (Å²) in [5.74, 6) is 0.987. The molecular formula is C26H30Cl2F3NO4. The standard InChI is InChI=1S/C26H27ClF3NO3.ClH.H2O/c1-31(17-22(32)18-33-23-13-9-21(27)10-14-23)16-15-25(19-5-3-2-4-6-19)34-24-11-7-20(8-12-24)26(28,29)30;;/h2-14,22,25,32H,15-18H2,1H3;1H;1H2. The Hall–Kier alpha value is -2.49. The lowest BCUT2D eigenvalue weighted by Gasteiger charge is -2.25. The lowest BCUT2D eigenvalue weighted by atomic mass is 10.1. The van der Waals surface area contributed by atoms with Crippen molar-refractivity contribution < 1.29 is 33.2 Å². The van der Waals surface area contributed by atoms with Crippen molar-refractivity contribution in [2.24, 2.45) is 0 Å². The van der Waals surface area contributed by atoms with Crippen LogP contribution in [0.4, 0.5) is 13.2 Å². The molecule has 2 unspecified atom stereocenters. The molecule has 2 atom stereocenters. The Morgan fingerprint density at radius 3 is 2.08 bits per heavy atom. The van der Waals surface area contributed by atoms with Gasteiger partial charge in [-0.2, -0.15) is 13.2 Å². The number of hydrogen-bond acceptors (Lipinski definition) is 4. The first-order valence-electron chi connectivity index (χ1n) is 10.8. The summed E-state index contributed by atoms with van der Waals surface area (Å²) in [4.78, 5) is 1.96. The Morgan fingerprint density at radius 1 is 0.917 bits per heavy atom. The van der Waals surface area contributed by atoms with E-state index < -0.39 is 17.8 Å². The third-order valence-electron chi connectivity index (χ3n) is 5.18. The molecular weight excluding hydrogens is 518 g/mol. The van der Waals surface area contributed by atoms with E-state index in [-0.39, 0.29) is 30.6 Å². The van der Waals surface area contributed by atoms with Crippen LogP contribution < -0.4 is 9.47 Å². The number of aliphatic hydroxyl groups is 1. The van der Waals surface area contributed by atoms with E-state index >= 15 is 0 Å². The minimum atomic E-state index is -4.39. The van der Waals surface area contributed by atoms with Crippen molar-refractivity contribution in [2.45, 2.75) is 24.8 Å². The Balaban J connectivity index is 0.00000324. The van der Waals surface area contributed by atoms with Gasteiger partial charge in [-0.05, 0) is 61.1 Å². The fraction of sp³-hybridized carbons (Fsp3) is 0.308. The van der Waals surface area contributed by atoms with Crippen LogP contribution in [0.3, 0.4) is 0 Å². The monoisotopic (exact) mass is 547 g/mol. The van der Waals surface area contributed by atoms with E-state index in [0.29, 0.717) is 36.0 Å². The van der Waals surface area contributed by atoms with Crippen molar-refractivity contribution >= 4 is 24.0 Å². The van der Waals surface area contributed by atoms with E-state index in [0.717, 1.165) is 17.7 Å². The van der Waals surface area contributed by atoms with Gasteiger partial charge in [0.1, 0.15) is 30.3 Å². The number of aliphatic hydroxyl groups excluding tert-OH is 1. The zero-order chi connectivity index (χ0) is 24.6. The molecule has 3 rings (SSSR count). The third kappa shape index (κ3) is 10.2. The number of benzene rings is 3. The number of nitrogens with zero attached hydrogens (tertiary/aromatic N) is 1. The van der Waals surface area contributed by atoms with Gasteiger partial charge < -0.3 is 25.0 Å². The lowest BCUT2D eigenvalue weighted by molar-refractivity contribution is -0.137. The van der Waals surface area contributed by atoms with E-state index in [1.165, 1.54) is 12.1 Å². The highest BCUT2D eigenvalue weighted by molar-refractivity contribution is 6.30. The summed E-state index contributed by atoms with van der Waals surface area (Å²) in [5.41, 5.74) is 0.202. The SMILES string of the molecule is CN(CCC(Oc1ccc(C(F)(F)F)cc1)c1ccccc1)CC(O)COc1ccc(Cl)cc1.Cl.O. The van der Waals surface area contributed by atoms with Gasteiger partial charge in [-0.1, -0.05) is 41.9 Å². The summed E-state index contributed by atoms with van der Waals surface area (Å²) in [6.45, 7) is 1.11. The molecule has 0 aliphatic heterocycles. The molecule has 0 saturated heterocycles. The molecule has 0 heterocycles. The van der Waals surface area contributed by atoms with Gasteiger partial charge in [0.2, 0.25) is 0 Å². The molecule has 36 heavy (non-hydrogen) atoms. The van der Waals surface area contributed by atoms with Crippen molar-refractivity contribution in [3.8, 4) is 11.5 Å². The lowest BCUT2D eigenvalue weighted by Crippen LogP contribution is -2.34. The first-order valence-corrected chi connectivity index (χ1v) is 11.2. The first-order chi connectivity index (χ1) is 16.2. The molecule has 0 spiro atoms. The molecule has 0 fully saturated rings. The molecule has 0 radical (unpaired) electrons. The van der Waals surface area contributed by atoms with Crippen molar-refractivity contribution in [3.05, 3.63) is 95.0 Å². The predicted molar refractivity (Wildman–Crippen MR) is 137 cm³/mol. The van der Waals surface area contributed by atoms with Crippen LogP contribution in [0.5, 0.6) is 11.5 Å². The fourth-order valence-electron chi connectivity index (χ4n) is 3.41. The maximum Gasteiger partial charge on any atom is 0.416 e. The summed E-state index contributed by atoms with van der Waals surface area (Å²) in [6, 6.07) is 21.1. The highest BCUT2D eigenvalue weighted by Crippen LogP contribution is 2.32. The first kappa shape index (κ1) is 31.5. The zero-order valence-electron chi connectivity index (χ0n) is 19.6. The molecule has 3 aromatic carbocycles. The van der Waals surface area contributed by atoms with Crippen molar-refractivity contribution in [1.29, 1.82) is 0 Å². The highest BCUT2D eigenvalue weighted by Gasteiger charge is 2.30. The predicted octanol–water partition coefficient (Wildman–Crippen LogP) is 5.84. The number of hydrogen-bond donors (Lipinski definition) is 1. The van der Waals surface area contributed by atoms with Crippen molar-refractivity contribution in [1.82, 2.24) is 4.90 Å².